The highest BCUT2D eigenvalue weighted by Crippen LogP contribution is 2.43. The van der Waals surface area contributed by atoms with Gasteiger partial charge in [0.05, 0.1) is 22.7 Å². The standard InChI is InChI=1S/C30H25F4NO5/c31-21-10-11-24(40-17-18-4-2-1-3-5-18)23(16-21)27(36)25-26(19-6-8-20(9-7-19)30(32,33)34)35(29(38)28(25)37)22-12-14-39-15-13-22/h1-11,16,22,26,37H,12-15,17H2/t26-/m1/s1. The van der Waals surface area contributed by atoms with Crippen LogP contribution in [0.25, 0.3) is 0 Å². The van der Waals surface area contributed by atoms with E-state index >= 15 is 0 Å². The highest BCUT2D eigenvalue weighted by atomic mass is 19.4. The van der Waals surface area contributed by atoms with Gasteiger partial charge in [-0.15, -0.1) is 0 Å². The maximum Gasteiger partial charge on any atom is 0.416 e. The average Bonchev–Trinajstić information content (AvgIpc) is 3.22. The molecule has 3 aromatic carbocycles. The Labute approximate surface area is 227 Å². The van der Waals surface area contributed by atoms with Crippen molar-refractivity contribution in [3.8, 4) is 5.75 Å². The van der Waals surface area contributed by atoms with Gasteiger partial charge in [0.2, 0.25) is 0 Å². The topological polar surface area (TPSA) is 76.1 Å². The number of ketones is 1. The second-order valence-corrected chi connectivity index (χ2v) is 9.58. The number of aliphatic hydroxyl groups excluding tert-OH is 1. The minimum absolute atomic E-state index is 0.0266. The molecule has 208 valence electrons. The molecule has 5 rings (SSSR count). The Balaban J connectivity index is 1.56. The predicted octanol–water partition coefficient (Wildman–Crippen LogP) is 6.18. The van der Waals surface area contributed by atoms with Gasteiger partial charge in [-0.25, -0.2) is 4.39 Å². The minimum Gasteiger partial charge on any atom is -0.503 e. The summed E-state index contributed by atoms with van der Waals surface area (Å²) in [7, 11) is 0. The minimum atomic E-state index is -4.59. The Kier molecular flexibility index (Phi) is 7.62. The number of Topliss-reactive ketones (excluding diaryl/α,β-unsaturated/α-hetero) is 1. The summed E-state index contributed by atoms with van der Waals surface area (Å²) < 4.78 is 65.4. The molecule has 1 saturated heterocycles. The van der Waals surface area contributed by atoms with Crippen LogP contribution in [-0.2, 0) is 22.3 Å². The largest absolute Gasteiger partial charge is 0.503 e. The van der Waals surface area contributed by atoms with Gasteiger partial charge in [0.1, 0.15) is 18.2 Å². The summed E-state index contributed by atoms with van der Waals surface area (Å²) in [5, 5.41) is 11.0. The number of ether oxygens (including phenoxy) is 2. The molecule has 0 bridgehead atoms. The predicted molar refractivity (Wildman–Crippen MR) is 136 cm³/mol. The molecule has 0 saturated carbocycles. The molecule has 1 amide bonds. The van der Waals surface area contributed by atoms with Crippen molar-refractivity contribution in [3.05, 3.63) is 112 Å². The van der Waals surface area contributed by atoms with Crippen molar-refractivity contribution in [2.45, 2.75) is 37.7 Å². The molecule has 0 aliphatic carbocycles. The SMILES string of the molecule is O=C(C1=C(O)C(=O)N(C2CCOCC2)[C@@H]1c1ccc(C(F)(F)F)cc1)c1cc(F)ccc1OCc1ccccc1. The number of hydrogen-bond donors (Lipinski definition) is 1. The van der Waals surface area contributed by atoms with E-state index in [0.29, 0.717) is 26.1 Å². The first-order valence-corrected chi connectivity index (χ1v) is 12.7. The van der Waals surface area contributed by atoms with Crippen LogP contribution in [0.2, 0.25) is 0 Å². The van der Waals surface area contributed by atoms with Gasteiger partial charge in [0.15, 0.2) is 11.5 Å². The molecule has 10 heteroatoms. The fourth-order valence-electron chi connectivity index (χ4n) is 5.06. The Morgan fingerprint density at radius 1 is 1.00 bits per heavy atom. The summed E-state index contributed by atoms with van der Waals surface area (Å²) in [6.45, 7) is 0.729. The van der Waals surface area contributed by atoms with E-state index in [9.17, 15) is 32.3 Å². The number of rotatable bonds is 7. The van der Waals surface area contributed by atoms with Gasteiger partial charge in [-0.2, -0.15) is 13.2 Å². The molecular weight excluding hydrogens is 530 g/mol. The Morgan fingerprint density at radius 3 is 2.33 bits per heavy atom. The maximum atomic E-state index is 14.4. The van der Waals surface area contributed by atoms with Crippen molar-refractivity contribution < 1.29 is 41.7 Å². The van der Waals surface area contributed by atoms with Crippen molar-refractivity contribution in [1.82, 2.24) is 4.90 Å². The fourth-order valence-corrected chi connectivity index (χ4v) is 5.06. The van der Waals surface area contributed by atoms with Crippen molar-refractivity contribution >= 4 is 11.7 Å². The molecular formula is C30H25F4NO5. The molecule has 1 N–H and O–H groups in total. The number of carbonyl (C=O) groups is 2. The first-order chi connectivity index (χ1) is 19.1. The maximum absolute atomic E-state index is 14.4. The van der Waals surface area contributed by atoms with Crippen molar-refractivity contribution in [2.24, 2.45) is 0 Å². The monoisotopic (exact) mass is 555 g/mol. The van der Waals surface area contributed by atoms with Gasteiger partial charge in [-0.1, -0.05) is 42.5 Å². The Morgan fingerprint density at radius 2 is 1.68 bits per heavy atom. The summed E-state index contributed by atoms with van der Waals surface area (Å²) in [4.78, 5) is 28.7. The normalized spacial score (nSPS) is 18.4. The third-order valence-corrected chi connectivity index (χ3v) is 7.05. The van der Waals surface area contributed by atoms with Gasteiger partial charge in [0.25, 0.3) is 5.91 Å². The van der Waals surface area contributed by atoms with Crippen LogP contribution in [0, 0.1) is 5.82 Å². The van der Waals surface area contributed by atoms with Crippen LogP contribution >= 0.6 is 0 Å². The summed E-state index contributed by atoms with van der Waals surface area (Å²) in [5.74, 6) is -3.25. The molecule has 40 heavy (non-hydrogen) atoms. The molecule has 0 spiro atoms. The van der Waals surface area contributed by atoms with Crippen LogP contribution in [0.4, 0.5) is 17.6 Å². The smallest absolute Gasteiger partial charge is 0.416 e. The third kappa shape index (κ3) is 5.44. The zero-order valence-corrected chi connectivity index (χ0v) is 21.2. The van der Waals surface area contributed by atoms with Crippen LogP contribution < -0.4 is 4.74 Å². The van der Waals surface area contributed by atoms with E-state index in [0.717, 1.165) is 29.8 Å². The number of hydrogen-bond acceptors (Lipinski definition) is 5. The lowest BCUT2D eigenvalue weighted by Crippen LogP contribution is -2.43. The lowest BCUT2D eigenvalue weighted by molar-refractivity contribution is -0.138. The first-order valence-electron chi connectivity index (χ1n) is 12.7. The third-order valence-electron chi connectivity index (χ3n) is 7.05. The van der Waals surface area contributed by atoms with Crippen molar-refractivity contribution in [3.63, 3.8) is 0 Å². The Hall–Kier alpha value is -4.18. The lowest BCUT2D eigenvalue weighted by Gasteiger charge is -2.36. The number of nitrogens with zero attached hydrogens (tertiary/aromatic N) is 1. The number of carbonyl (C=O) groups excluding carboxylic acids is 2. The van der Waals surface area contributed by atoms with Crippen LogP contribution in [0.5, 0.6) is 5.75 Å². The van der Waals surface area contributed by atoms with Crippen LogP contribution in [0.3, 0.4) is 0 Å². The number of alkyl halides is 3. The first kappa shape index (κ1) is 27.4. The number of amides is 1. The van der Waals surface area contributed by atoms with E-state index in [1.165, 1.54) is 23.1 Å². The molecule has 3 aromatic rings. The van der Waals surface area contributed by atoms with E-state index in [1.807, 2.05) is 18.2 Å². The van der Waals surface area contributed by atoms with E-state index in [4.69, 9.17) is 9.47 Å². The molecule has 2 heterocycles. The van der Waals surface area contributed by atoms with Gasteiger partial charge in [-0.3, -0.25) is 9.59 Å². The zero-order chi connectivity index (χ0) is 28.4. The van der Waals surface area contributed by atoms with E-state index < -0.39 is 47.1 Å². The van der Waals surface area contributed by atoms with Crippen molar-refractivity contribution in [2.75, 3.05) is 13.2 Å². The number of benzene rings is 3. The molecule has 1 atom stereocenters. The quantitative estimate of drug-likeness (QED) is 0.278. The molecule has 2 aliphatic heterocycles. The summed E-state index contributed by atoms with van der Waals surface area (Å²) >= 11 is 0. The highest BCUT2D eigenvalue weighted by Gasteiger charge is 2.47. The fraction of sp³-hybridized carbons (Fsp3) is 0.267. The molecule has 0 unspecified atom stereocenters. The van der Waals surface area contributed by atoms with E-state index in [-0.39, 0.29) is 29.1 Å². The van der Waals surface area contributed by atoms with Crippen LogP contribution in [0.1, 0.15) is 45.9 Å². The summed E-state index contributed by atoms with van der Waals surface area (Å²) in [5.41, 5.74) is -0.497. The van der Waals surface area contributed by atoms with E-state index in [1.54, 1.807) is 12.1 Å². The molecule has 2 aliphatic rings. The lowest BCUT2D eigenvalue weighted by atomic mass is 9.90. The van der Waals surface area contributed by atoms with Gasteiger partial charge >= 0.3 is 6.18 Å². The molecule has 6 nitrogen and oxygen atoms in total. The Bertz CT molecular complexity index is 1430. The zero-order valence-electron chi connectivity index (χ0n) is 21.2. The van der Waals surface area contributed by atoms with Crippen LogP contribution in [-0.4, -0.2) is 41.0 Å². The van der Waals surface area contributed by atoms with Gasteiger partial charge in [-0.05, 0) is 54.3 Å². The second kappa shape index (κ2) is 11.1. The number of aliphatic hydroxyl groups is 1. The molecule has 0 aromatic heterocycles. The summed E-state index contributed by atoms with van der Waals surface area (Å²) in [6.07, 6.45) is -3.78. The van der Waals surface area contributed by atoms with Crippen LogP contribution in [0.15, 0.2) is 84.1 Å². The average molecular weight is 556 g/mol. The highest BCUT2D eigenvalue weighted by molar-refractivity contribution is 6.17. The molecule has 0 radical (unpaired) electrons. The number of halogens is 4. The second-order valence-electron chi connectivity index (χ2n) is 9.58. The molecule has 1 fully saturated rings. The van der Waals surface area contributed by atoms with E-state index in [2.05, 4.69) is 0 Å². The van der Waals surface area contributed by atoms with Gasteiger partial charge in [0, 0.05) is 19.3 Å². The van der Waals surface area contributed by atoms with Gasteiger partial charge < -0.3 is 19.5 Å². The summed E-state index contributed by atoms with van der Waals surface area (Å²) in [6, 6.07) is 14.8. The van der Waals surface area contributed by atoms with Crippen molar-refractivity contribution in [1.29, 1.82) is 0 Å².